The van der Waals surface area contributed by atoms with Gasteiger partial charge >= 0.3 is 0 Å². The van der Waals surface area contributed by atoms with Gasteiger partial charge in [0.1, 0.15) is 11.5 Å². The Kier molecular flexibility index (Phi) is 5.57. The van der Waals surface area contributed by atoms with E-state index >= 15 is 0 Å². The molecule has 0 atom stereocenters. The molecule has 104 valence electrons. The Morgan fingerprint density at radius 2 is 2.00 bits per heavy atom. The topological polar surface area (TPSA) is 72.5 Å². The molecule has 6 heteroatoms. The number of carbonyl (C=O) groups excluding carboxylic acids is 1. The highest BCUT2D eigenvalue weighted by molar-refractivity contribution is 7.92. The van der Waals surface area contributed by atoms with E-state index in [1.165, 1.54) is 6.08 Å². The Morgan fingerprint density at radius 3 is 2.53 bits per heavy atom. The molecule has 0 radical (unpaired) electrons. The Balaban J connectivity index is 2.47. The van der Waals surface area contributed by atoms with E-state index in [1.54, 1.807) is 31.4 Å². The summed E-state index contributed by atoms with van der Waals surface area (Å²) in [4.78, 5) is 11.5. The van der Waals surface area contributed by atoms with Gasteiger partial charge in [0.15, 0.2) is 9.84 Å². The van der Waals surface area contributed by atoms with E-state index in [4.69, 9.17) is 4.74 Å². The molecular formula is C13H17NO4S. The molecule has 1 aromatic carbocycles. The zero-order valence-electron chi connectivity index (χ0n) is 10.8. The third-order valence-electron chi connectivity index (χ3n) is 2.37. The van der Waals surface area contributed by atoms with Crippen LogP contribution < -0.4 is 10.1 Å². The highest BCUT2D eigenvalue weighted by atomic mass is 32.2. The van der Waals surface area contributed by atoms with Crippen LogP contribution in [0.2, 0.25) is 0 Å². The van der Waals surface area contributed by atoms with E-state index in [0.717, 1.165) is 11.3 Å². The Labute approximate surface area is 113 Å². The number of sulfone groups is 1. The van der Waals surface area contributed by atoms with Crippen molar-refractivity contribution in [1.29, 1.82) is 0 Å². The minimum absolute atomic E-state index is 0.192. The second-order valence-corrected chi connectivity index (χ2v) is 6.08. The van der Waals surface area contributed by atoms with Crippen molar-refractivity contribution in [3.8, 4) is 5.75 Å². The number of methoxy groups -OCH3 is 1. The third-order valence-corrected chi connectivity index (χ3v) is 3.82. The number of hydrogen-bond donors (Lipinski definition) is 1. The molecule has 0 aliphatic carbocycles. The molecule has 0 saturated carbocycles. The Morgan fingerprint density at radius 1 is 1.37 bits per heavy atom. The normalized spacial score (nSPS) is 10.8. The monoisotopic (exact) mass is 283 g/mol. The molecule has 1 N–H and O–H groups in total. The summed E-state index contributed by atoms with van der Waals surface area (Å²) in [5.41, 5.74) is 0.871. The molecule has 1 amide bonds. The van der Waals surface area contributed by atoms with Gasteiger partial charge in [-0.3, -0.25) is 4.79 Å². The highest BCUT2D eigenvalue weighted by Crippen LogP contribution is 2.10. The summed E-state index contributed by atoms with van der Waals surface area (Å²) in [5.74, 6) is -0.501. The zero-order valence-corrected chi connectivity index (χ0v) is 11.6. The second-order valence-electron chi connectivity index (χ2n) is 3.97. The molecule has 0 bridgehead atoms. The minimum atomic E-state index is -3.40. The van der Waals surface area contributed by atoms with E-state index < -0.39 is 21.5 Å². The summed E-state index contributed by atoms with van der Waals surface area (Å²) in [7, 11) is -1.83. The molecule has 19 heavy (non-hydrogen) atoms. The van der Waals surface area contributed by atoms with Gasteiger partial charge in [-0.05, 0) is 17.7 Å². The first-order valence-electron chi connectivity index (χ1n) is 5.68. The van der Waals surface area contributed by atoms with Crippen molar-refractivity contribution in [3.63, 3.8) is 0 Å². The lowest BCUT2D eigenvalue weighted by Gasteiger charge is -2.06. The van der Waals surface area contributed by atoms with Gasteiger partial charge in [-0.2, -0.15) is 0 Å². The van der Waals surface area contributed by atoms with Crippen molar-refractivity contribution in [2.45, 2.75) is 6.54 Å². The summed E-state index contributed by atoms with van der Waals surface area (Å²) in [6.45, 7) is 3.62. The number of hydrogen-bond acceptors (Lipinski definition) is 4. The lowest BCUT2D eigenvalue weighted by atomic mass is 10.2. The van der Waals surface area contributed by atoms with Crippen LogP contribution in [0.3, 0.4) is 0 Å². The zero-order chi connectivity index (χ0) is 14.3. The maximum absolute atomic E-state index is 11.5. The van der Waals surface area contributed by atoms with Crippen molar-refractivity contribution in [2.75, 3.05) is 18.6 Å². The van der Waals surface area contributed by atoms with Crippen LogP contribution in [0, 0.1) is 0 Å². The van der Waals surface area contributed by atoms with Gasteiger partial charge in [0.2, 0.25) is 5.91 Å². The Bertz CT molecular complexity index is 534. The van der Waals surface area contributed by atoms with Crippen molar-refractivity contribution in [3.05, 3.63) is 42.5 Å². The van der Waals surface area contributed by atoms with E-state index in [9.17, 15) is 13.2 Å². The summed E-state index contributed by atoms with van der Waals surface area (Å²) in [6, 6.07) is 7.15. The van der Waals surface area contributed by atoms with Crippen LogP contribution in [0.15, 0.2) is 36.9 Å². The maximum Gasteiger partial charge on any atom is 0.235 e. The molecule has 0 aromatic heterocycles. The standard InChI is InChI=1S/C13H17NO4S/c1-3-8-19(16,17)10-13(15)14-9-11-4-6-12(18-2)7-5-11/h3-7H,1,8-10H2,2H3,(H,14,15). The molecule has 0 spiro atoms. The number of nitrogens with one attached hydrogen (secondary N) is 1. The van der Waals surface area contributed by atoms with Crippen LogP contribution >= 0.6 is 0 Å². The van der Waals surface area contributed by atoms with Crippen molar-refractivity contribution in [1.82, 2.24) is 5.32 Å². The number of amides is 1. The minimum Gasteiger partial charge on any atom is -0.497 e. The molecule has 0 fully saturated rings. The largest absolute Gasteiger partial charge is 0.497 e. The summed E-state index contributed by atoms with van der Waals surface area (Å²) in [5, 5.41) is 2.56. The van der Waals surface area contributed by atoms with Crippen LogP contribution in [0.4, 0.5) is 0 Å². The van der Waals surface area contributed by atoms with E-state index in [0.29, 0.717) is 0 Å². The maximum atomic E-state index is 11.5. The summed E-state index contributed by atoms with van der Waals surface area (Å²) in [6.07, 6.45) is 1.27. The summed E-state index contributed by atoms with van der Waals surface area (Å²) >= 11 is 0. The van der Waals surface area contributed by atoms with Crippen LogP contribution in [-0.4, -0.2) is 32.9 Å². The smallest absolute Gasteiger partial charge is 0.235 e. The van der Waals surface area contributed by atoms with Crippen LogP contribution in [-0.2, 0) is 21.2 Å². The SMILES string of the molecule is C=CCS(=O)(=O)CC(=O)NCc1ccc(OC)cc1. The van der Waals surface area contributed by atoms with E-state index in [-0.39, 0.29) is 12.3 Å². The number of benzene rings is 1. The molecule has 5 nitrogen and oxygen atoms in total. The fourth-order valence-electron chi connectivity index (χ4n) is 1.43. The first kappa shape index (κ1) is 15.2. The van der Waals surface area contributed by atoms with E-state index in [2.05, 4.69) is 11.9 Å². The highest BCUT2D eigenvalue weighted by Gasteiger charge is 2.14. The van der Waals surface area contributed by atoms with Gasteiger partial charge in [-0.15, -0.1) is 6.58 Å². The molecule has 0 unspecified atom stereocenters. The molecule has 1 aromatic rings. The first-order chi connectivity index (χ1) is 8.96. The Hall–Kier alpha value is -1.82. The predicted octanol–water partition coefficient (Wildman–Crippen LogP) is 0.912. The first-order valence-corrected chi connectivity index (χ1v) is 7.50. The quantitative estimate of drug-likeness (QED) is 0.755. The van der Waals surface area contributed by atoms with Crippen molar-refractivity contribution < 1.29 is 17.9 Å². The fraction of sp³-hybridized carbons (Fsp3) is 0.308. The van der Waals surface area contributed by atoms with Gasteiger partial charge in [0.25, 0.3) is 0 Å². The van der Waals surface area contributed by atoms with Crippen LogP contribution in [0.25, 0.3) is 0 Å². The van der Waals surface area contributed by atoms with Crippen LogP contribution in [0.1, 0.15) is 5.56 Å². The van der Waals surface area contributed by atoms with Crippen molar-refractivity contribution in [2.24, 2.45) is 0 Å². The number of carbonyl (C=O) groups is 1. The van der Waals surface area contributed by atoms with Gasteiger partial charge in [-0.25, -0.2) is 8.42 Å². The van der Waals surface area contributed by atoms with E-state index in [1.807, 2.05) is 0 Å². The van der Waals surface area contributed by atoms with Crippen LogP contribution in [0.5, 0.6) is 5.75 Å². The molecule has 1 rings (SSSR count). The number of rotatable bonds is 7. The third kappa shape index (κ3) is 5.56. The lowest BCUT2D eigenvalue weighted by molar-refractivity contribution is -0.118. The second kappa shape index (κ2) is 6.94. The average molecular weight is 283 g/mol. The predicted molar refractivity (Wildman–Crippen MR) is 73.7 cm³/mol. The van der Waals surface area contributed by atoms with Crippen molar-refractivity contribution >= 4 is 15.7 Å². The van der Waals surface area contributed by atoms with Gasteiger partial charge in [0, 0.05) is 6.54 Å². The molecule has 0 heterocycles. The molecule has 0 aliphatic heterocycles. The molecule has 0 aliphatic rings. The summed E-state index contributed by atoms with van der Waals surface area (Å²) < 4.78 is 27.8. The van der Waals surface area contributed by atoms with Gasteiger partial charge in [-0.1, -0.05) is 18.2 Å². The molecular weight excluding hydrogens is 266 g/mol. The number of ether oxygens (including phenoxy) is 1. The average Bonchev–Trinajstić information content (AvgIpc) is 2.36. The van der Waals surface area contributed by atoms with Gasteiger partial charge in [0.05, 0.1) is 12.9 Å². The lowest BCUT2D eigenvalue weighted by Crippen LogP contribution is -2.30. The van der Waals surface area contributed by atoms with Gasteiger partial charge < -0.3 is 10.1 Å². The molecule has 0 saturated heterocycles. The fourth-order valence-corrected chi connectivity index (χ4v) is 2.41.